The Labute approximate surface area is 239 Å². The van der Waals surface area contributed by atoms with Gasteiger partial charge in [0.1, 0.15) is 12.1 Å². The molecule has 4 atom stereocenters. The fraction of sp³-hybridized carbons (Fsp3) is 0.552. The molecule has 0 radical (unpaired) electrons. The molecule has 1 aliphatic rings. The number of aromatic nitrogens is 1. The lowest BCUT2D eigenvalue weighted by molar-refractivity contribution is -0.144. The van der Waals surface area contributed by atoms with Crippen LogP contribution in [0.15, 0.2) is 29.8 Å². The van der Waals surface area contributed by atoms with E-state index in [-0.39, 0.29) is 37.9 Å². The minimum absolute atomic E-state index is 0.0144. The first-order valence-electron chi connectivity index (χ1n) is 13.5. The standard InChI is InChI=1S/C29H40N4O6S/c1-7-39-24(36)13-12-22(19-8-10-20(11-9-19)25-17(2)30-16-40-25)32-27(37)23-14-21(35)15-33(23)28(38)26(29(4,5)6)31-18(3)34/h8-11,16,21-23,26,35H,7,12-15H2,1-6H3,(H,31,34)(H,32,37). The lowest BCUT2D eigenvalue weighted by Crippen LogP contribution is -2.57. The van der Waals surface area contributed by atoms with E-state index in [9.17, 15) is 24.3 Å². The van der Waals surface area contributed by atoms with Gasteiger partial charge in [0, 0.05) is 26.3 Å². The molecule has 40 heavy (non-hydrogen) atoms. The molecule has 218 valence electrons. The third-order valence-electron chi connectivity index (χ3n) is 6.91. The van der Waals surface area contributed by atoms with Crippen LogP contribution in [0.5, 0.6) is 0 Å². The molecule has 3 rings (SSSR count). The van der Waals surface area contributed by atoms with Crippen LogP contribution in [-0.4, -0.2) is 70.0 Å². The number of aryl methyl sites for hydroxylation is 1. The normalized spacial score (nSPS) is 18.6. The molecule has 11 heteroatoms. The number of nitrogens with zero attached hydrogens (tertiary/aromatic N) is 2. The number of carbonyl (C=O) groups excluding carboxylic acids is 4. The van der Waals surface area contributed by atoms with Crippen molar-refractivity contribution in [1.82, 2.24) is 20.5 Å². The average molecular weight is 573 g/mol. The Balaban J connectivity index is 1.84. The Morgan fingerprint density at radius 3 is 2.40 bits per heavy atom. The molecule has 2 aromatic rings. The summed E-state index contributed by atoms with van der Waals surface area (Å²) in [6, 6.07) is 5.40. The van der Waals surface area contributed by atoms with E-state index in [0.717, 1.165) is 21.7 Å². The number of hydrogen-bond acceptors (Lipinski definition) is 8. The summed E-state index contributed by atoms with van der Waals surface area (Å²) in [5, 5.41) is 16.2. The van der Waals surface area contributed by atoms with Crippen molar-refractivity contribution >= 4 is 35.0 Å². The second kappa shape index (κ2) is 13.4. The molecule has 0 saturated carbocycles. The second-order valence-electron chi connectivity index (χ2n) is 11.2. The average Bonchev–Trinajstić information content (AvgIpc) is 3.49. The monoisotopic (exact) mass is 572 g/mol. The number of β-amino-alcohol motifs (C(OH)–C–C–N with tert-alkyl or cyclic N) is 1. The van der Waals surface area contributed by atoms with Crippen molar-refractivity contribution in [2.45, 2.75) is 85.0 Å². The Bertz CT molecular complexity index is 1210. The number of benzene rings is 1. The number of nitrogens with one attached hydrogen (secondary N) is 2. The third kappa shape index (κ3) is 7.88. The molecular weight excluding hydrogens is 532 g/mol. The summed E-state index contributed by atoms with van der Waals surface area (Å²) in [5.41, 5.74) is 3.91. The maximum atomic E-state index is 13.6. The van der Waals surface area contributed by atoms with Gasteiger partial charge >= 0.3 is 5.97 Å². The Kier molecular flexibility index (Phi) is 10.4. The zero-order chi connectivity index (χ0) is 29.6. The number of amides is 3. The highest BCUT2D eigenvalue weighted by Gasteiger charge is 2.44. The first-order chi connectivity index (χ1) is 18.8. The van der Waals surface area contributed by atoms with Crippen molar-refractivity contribution in [2.75, 3.05) is 13.2 Å². The minimum Gasteiger partial charge on any atom is -0.466 e. The first-order valence-corrected chi connectivity index (χ1v) is 14.4. The van der Waals surface area contributed by atoms with Crippen LogP contribution in [0, 0.1) is 12.3 Å². The van der Waals surface area contributed by atoms with Gasteiger partial charge in [0.25, 0.3) is 0 Å². The topological polar surface area (TPSA) is 138 Å². The predicted molar refractivity (Wildman–Crippen MR) is 152 cm³/mol. The molecule has 2 heterocycles. The lowest BCUT2D eigenvalue weighted by atomic mass is 9.85. The van der Waals surface area contributed by atoms with Crippen LogP contribution < -0.4 is 10.6 Å². The molecule has 3 amide bonds. The summed E-state index contributed by atoms with van der Waals surface area (Å²) < 4.78 is 5.09. The number of aliphatic hydroxyl groups is 1. The van der Waals surface area contributed by atoms with Crippen LogP contribution in [0.1, 0.15) is 71.2 Å². The zero-order valence-corrected chi connectivity index (χ0v) is 24.8. The van der Waals surface area contributed by atoms with Crippen LogP contribution in [-0.2, 0) is 23.9 Å². The van der Waals surface area contributed by atoms with E-state index in [1.54, 1.807) is 23.8 Å². The molecule has 1 aliphatic heterocycles. The first kappa shape index (κ1) is 31.2. The number of likely N-dealkylation sites (tertiary alicyclic amines) is 1. The Morgan fingerprint density at radius 2 is 1.85 bits per heavy atom. The minimum atomic E-state index is -0.926. The van der Waals surface area contributed by atoms with Gasteiger partial charge in [-0.1, -0.05) is 45.0 Å². The summed E-state index contributed by atoms with van der Waals surface area (Å²) >= 11 is 1.55. The lowest BCUT2D eigenvalue weighted by Gasteiger charge is -2.35. The number of aliphatic hydroxyl groups excluding tert-OH is 1. The molecule has 0 aliphatic carbocycles. The van der Waals surface area contributed by atoms with Crippen molar-refractivity contribution in [1.29, 1.82) is 0 Å². The van der Waals surface area contributed by atoms with Crippen LogP contribution >= 0.6 is 11.3 Å². The summed E-state index contributed by atoms with van der Waals surface area (Å²) in [5.74, 6) is -1.58. The highest BCUT2D eigenvalue weighted by atomic mass is 32.1. The van der Waals surface area contributed by atoms with Gasteiger partial charge in [-0.2, -0.15) is 0 Å². The fourth-order valence-electron chi connectivity index (χ4n) is 4.85. The van der Waals surface area contributed by atoms with E-state index in [0.29, 0.717) is 6.42 Å². The summed E-state index contributed by atoms with van der Waals surface area (Å²) in [4.78, 5) is 57.9. The van der Waals surface area contributed by atoms with E-state index >= 15 is 0 Å². The zero-order valence-electron chi connectivity index (χ0n) is 24.0. The Morgan fingerprint density at radius 1 is 1.18 bits per heavy atom. The molecule has 1 fully saturated rings. The number of ether oxygens (including phenoxy) is 1. The highest BCUT2D eigenvalue weighted by Crippen LogP contribution is 2.30. The van der Waals surface area contributed by atoms with Gasteiger partial charge in [-0.15, -0.1) is 11.3 Å². The van der Waals surface area contributed by atoms with Gasteiger partial charge in [-0.25, -0.2) is 4.98 Å². The smallest absolute Gasteiger partial charge is 0.305 e. The molecule has 10 nitrogen and oxygen atoms in total. The second-order valence-corrected chi connectivity index (χ2v) is 12.0. The van der Waals surface area contributed by atoms with Gasteiger partial charge in [0.05, 0.1) is 34.8 Å². The number of thiazole rings is 1. The van der Waals surface area contributed by atoms with Gasteiger partial charge in [-0.05, 0) is 36.8 Å². The molecule has 4 unspecified atom stereocenters. The maximum Gasteiger partial charge on any atom is 0.305 e. The van der Waals surface area contributed by atoms with Gasteiger partial charge in [0.2, 0.25) is 17.7 Å². The van der Waals surface area contributed by atoms with Crippen LogP contribution in [0.25, 0.3) is 10.4 Å². The van der Waals surface area contributed by atoms with E-state index in [1.165, 1.54) is 11.8 Å². The largest absolute Gasteiger partial charge is 0.466 e. The molecule has 1 saturated heterocycles. The summed E-state index contributed by atoms with van der Waals surface area (Å²) in [7, 11) is 0. The van der Waals surface area contributed by atoms with E-state index < -0.39 is 41.5 Å². The third-order valence-corrected chi connectivity index (χ3v) is 7.88. The summed E-state index contributed by atoms with van der Waals surface area (Å²) in [6.07, 6.45) is -0.414. The summed E-state index contributed by atoms with van der Waals surface area (Å²) in [6.45, 7) is 10.8. The Hall–Kier alpha value is -3.31. The number of esters is 1. The van der Waals surface area contributed by atoms with Gasteiger partial charge < -0.3 is 25.4 Å². The van der Waals surface area contributed by atoms with E-state index in [4.69, 9.17) is 4.74 Å². The van der Waals surface area contributed by atoms with Crippen molar-refractivity contribution in [3.63, 3.8) is 0 Å². The quantitative estimate of drug-likeness (QED) is 0.372. The van der Waals surface area contributed by atoms with Crippen LogP contribution in [0.2, 0.25) is 0 Å². The predicted octanol–water partition coefficient (Wildman–Crippen LogP) is 3.13. The van der Waals surface area contributed by atoms with Crippen LogP contribution in [0.3, 0.4) is 0 Å². The van der Waals surface area contributed by atoms with Gasteiger partial charge in [-0.3, -0.25) is 19.2 Å². The van der Waals surface area contributed by atoms with Gasteiger partial charge in [0.15, 0.2) is 0 Å². The molecule has 1 aromatic heterocycles. The molecule has 1 aromatic carbocycles. The molecule has 0 spiro atoms. The maximum absolute atomic E-state index is 13.6. The SMILES string of the molecule is CCOC(=O)CCC(NC(=O)C1CC(O)CN1C(=O)C(NC(C)=O)C(C)(C)C)c1ccc(-c2scnc2C)cc1. The molecule has 3 N–H and O–H groups in total. The van der Waals surface area contributed by atoms with E-state index in [2.05, 4.69) is 15.6 Å². The van der Waals surface area contributed by atoms with Crippen molar-refractivity contribution in [2.24, 2.45) is 5.41 Å². The number of rotatable bonds is 10. The van der Waals surface area contributed by atoms with E-state index in [1.807, 2.05) is 52.0 Å². The highest BCUT2D eigenvalue weighted by molar-refractivity contribution is 7.13. The van der Waals surface area contributed by atoms with Crippen molar-refractivity contribution in [3.05, 3.63) is 41.0 Å². The fourth-order valence-corrected chi connectivity index (χ4v) is 5.67. The number of carbonyl (C=O) groups is 4. The number of hydrogen-bond donors (Lipinski definition) is 3. The van der Waals surface area contributed by atoms with Crippen LogP contribution in [0.4, 0.5) is 0 Å². The molecule has 0 bridgehead atoms. The molecular formula is C29H40N4O6S. The van der Waals surface area contributed by atoms with Crippen molar-refractivity contribution < 1.29 is 29.0 Å². The van der Waals surface area contributed by atoms with Crippen molar-refractivity contribution in [3.8, 4) is 10.4 Å².